The van der Waals surface area contributed by atoms with Gasteiger partial charge in [0.25, 0.3) is 5.18 Å². The molecule has 1 aliphatic rings. The molecule has 0 saturated heterocycles. The molecule has 2 N–H and O–H groups in total. The van der Waals surface area contributed by atoms with Crippen LogP contribution in [0.15, 0.2) is 28.6 Å². The molecule has 1 aromatic rings. The summed E-state index contributed by atoms with van der Waals surface area (Å²) in [5.74, 6) is 0.448. The lowest BCUT2D eigenvalue weighted by Gasteiger charge is -2.20. The van der Waals surface area contributed by atoms with Crippen LogP contribution in [0.3, 0.4) is 0 Å². The number of alkyl halides is 1. The summed E-state index contributed by atoms with van der Waals surface area (Å²) >= 11 is 5.72. The summed E-state index contributed by atoms with van der Waals surface area (Å²) in [7, 11) is 1.45. The molecular formula is C9H8ClN3O4. The third-order valence-corrected chi connectivity index (χ3v) is 2.79. The van der Waals surface area contributed by atoms with Gasteiger partial charge in [0, 0.05) is 11.6 Å². The Kier molecular flexibility index (Phi) is 2.64. The van der Waals surface area contributed by atoms with Crippen LogP contribution >= 0.6 is 11.6 Å². The molecule has 1 unspecified atom stereocenters. The number of hydrogen-bond donors (Lipinski definition) is 2. The number of hydrogen-bond acceptors (Lipinski definition) is 6. The zero-order chi connectivity index (χ0) is 12.6. The first kappa shape index (κ1) is 11.6. The van der Waals surface area contributed by atoms with E-state index in [2.05, 4.69) is 10.4 Å². The van der Waals surface area contributed by atoms with E-state index in [0.29, 0.717) is 16.3 Å². The van der Waals surface area contributed by atoms with Crippen LogP contribution in [-0.4, -0.2) is 28.3 Å². The fourth-order valence-corrected chi connectivity index (χ4v) is 1.92. The molecule has 1 aromatic carbocycles. The number of halogens is 1. The number of nitroso groups, excluding NO2 is 1. The van der Waals surface area contributed by atoms with E-state index in [-0.39, 0.29) is 11.4 Å². The summed E-state index contributed by atoms with van der Waals surface area (Å²) in [6.45, 7) is 0. The molecule has 0 fully saturated rings. The lowest BCUT2D eigenvalue weighted by Crippen LogP contribution is -2.42. The van der Waals surface area contributed by atoms with Gasteiger partial charge < -0.3 is 15.1 Å². The van der Waals surface area contributed by atoms with E-state index in [9.17, 15) is 10.0 Å². The summed E-state index contributed by atoms with van der Waals surface area (Å²) in [6, 6.07) is 4.52. The summed E-state index contributed by atoms with van der Waals surface area (Å²) < 4.78 is 4.97. The van der Waals surface area contributed by atoms with Crippen molar-refractivity contribution >= 4 is 23.0 Å². The summed E-state index contributed by atoms with van der Waals surface area (Å²) in [5, 5.41) is 22.5. The molecule has 0 saturated carbocycles. The molecule has 0 bridgehead atoms. The lowest BCUT2D eigenvalue weighted by atomic mass is 10.1. The molecule has 2 rings (SSSR count). The monoisotopic (exact) mass is 257 g/mol. The van der Waals surface area contributed by atoms with Gasteiger partial charge in [0.15, 0.2) is 5.71 Å². The van der Waals surface area contributed by atoms with Crippen LogP contribution in [0.2, 0.25) is 0 Å². The van der Waals surface area contributed by atoms with Crippen LogP contribution in [0, 0.1) is 4.91 Å². The van der Waals surface area contributed by atoms with Crippen molar-refractivity contribution in [3.8, 4) is 5.75 Å². The van der Waals surface area contributed by atoms with E-state index in [1.807, 2.05) is 0 Å². The Hall–Kier alpha value is -1.86. The minimum atomic E-state index is -2.30. The molecule has 1 heterocycles. The number of fused-ring (bicyclic) bond motifs is 1. The highest BCUT2D eigenvalue weighted by molar-refractivity contribution is 6.41. The normalized spacial score (nSPS) is 24.9. The van der Waals surface area contributed by atoms with Gasteiger partial charge in [0.2, 0.25) is 0 Å². The van der Waals surface area contributed by atoms with Crippen LogP contribution in [0.25, 0.3) is 0 Å². The maximum Gasteiger partial charge on any atom is 0.287 e. The number of nitrogens with zero attached hydrogens (tertiary/aromatic N) is 3. The Bertz CT molecular complexity index is 503. The van der Waals surface area contributed by atoms with Crippen LogP contribution < -0.4 is 9.75 Å². The second-order valence-electron chi connectivity index (χ2n) is 3.31. The zero-order valence-electron chi connectivity index (χ0n) is 8.66. The Morgan fingerprint density at radius 1 is 1.53 bits per heavy atom. The van der Waals surface area contributed by atoms with Crippen molar-refractivity contribution in [3.63, 3.8) is 0 Å². The fraction of sp³-hybridized carbons (Fsp3) is 0.222. The standard InChI is InChI=1S/C9H8ClN3O4/c1-17-5-2-3-6-7(4-5)13(12-16)9(10,14)8(6)11-15/h2-4,14-15H,1H3. The Morgan fingerprint density at radius 3 is 2.76 bits per heavy atom. The SMILES string of the molecule is COc1ccc2c(c1)N(N=O)C(O)(Cl)C2=NO. The number of rotatable bonds is 2. The van der Waals surface area contributed by atoms with Crippen LogP contribution in [0.1, 0.15) is 5.56 Å². The Morgan fingerprint density at radius 2 is 2.24 bits per heavy atom. The van der Waals surface area contributed by atoms with Gasteiger partial charge in [0.05, 0.1) is 18.1 Å². The largest absolute Gasteiger partial charge is 0.497 e. The van der Waals surface area contributed by atoms with E-state index in [1.54, 1.807) is 6.07 Å². The number of ether oxygens (including phenoxy) is 1. The van der Waals surface area contributed by atoms with E-state index < -0.39 is 5.18 Å². The van der Waals surface area contributed by atoms with E-state index >= 15 is 0 Å². The lowest BCUT2D eigenvalue weighted by molar-refractivity contribution is 0.191. The maximum absolute atomic E-state index is 10.7. The van der Waals surface area contributed by atoms with Crippen molar-refractivity contribution < 1.29 is 15.1 Å². The topological polar surface area (TPSA) is 94.7 Å². The van der Waals surface area contributed by atoms with Gasteiger partial charge in [-0.05, 0) is 12.1 Å². The van der Waals surface area contributed by atoms with Crippen molar-refractivity contribution in [3.05, 3.63) is 28.7 Å². The van der Waals surface area contributed by atoms with Gasteiger partial charge in [0.1, 0.15) is 5.75 Å². The smallest absolute Gasteiger partial charge is 0.287 e. The van der Waals surface area contributed by atoms with Gasteiger partial charge in [-0.25, -0.2) is 0 Å². The van der Waals surface area contributed by atoms with Gasteiger partial charge in [-0.2, -0.15) is 5.01 Å². The number of benzene rings is 1. The molecule has 1 aliphatic heterocycles. The molecule has 90 valence electrons. The van der Waals surface area contributed by atoms with Crippen molar-refractivity contribution in [1.82, 2.24) is 0 Å². The first-order valence-electron chi connectivity index (χ1n) is 4.52. The first-order valence-corrected chi connectivity index (χ1v) is 4.89. The molecule has 0 amide bonds. The van der Waals surface area contributed by atoms with E-state index in [1.165, 1.54) is 19.2 Å². The molecule has 0 aromatic heterocycles. The zero-order valence-corrected chi connectivity index (χ0v) is 9.42. The second kappa shape index (κ2) is 3.86. The molecule has 1 atom stereocenters. The van der Waals surface area contributed by atoms with E-state index in [0.717, 1.165) is 0 Å². The minimum Gasteiger partial charge on any atom is -0.497 e. The highest BCUT2D eigenvalue weighted by atomic mass is 35.5. The quantitative estimate of drug-likeness (QED) is 0.273. The molecule has 17 heavy (non-hydrogen) atoms. The summed E-state index contributed by atoms with van der Waals surface area (Å²) in [5.41, 5.74) is 0.228. The summed E-state index contributed by atoms with van der Waals surface area (Å²) in [4.78, 5) is 10.7. The molecule has 0 spiro atoms. The number of aliphatic hydroxyl groups is 1. The van der Waals surface area contributed by atoms with Crippen LogP contribution in [0.4, 0.5) is 5.69 Å². The average molecular weight is 258 g/mol. The molecule has 0 aliphatic carbocycles. The third-order valence-electron chi connectivity index (χ3n) is 2.45. The van der Waals surface area contributed by atoms with Gasteiger partial charge >= 0.3 is 0 Å². The van der Waals surface area contributed by atoms with Crippen molar-refractivity contribution in [1.29, 1.82) is 0 Å². The van der Waals surface area contributed by atoms with Gasteiger partial charge in [-0.15, -0.1) is 4.91 Å². The van der Waals surface area contributed by atoms with Gasteiger partial charge in [-0.3, -0.25) is 0 Å². The molecule has 0 radical (unpaired) electrons. The van der Waals surface area contributed by atoms with Crippen molar-refractivity contribution in [2.24, 2.45) is 10.4 Å². The molecular weight excluding hydrogens is 250 g/mol. The predicted octanol–water partition coefficient (Wildman–Crippen LogP) is 1.26. The fourth-order valence-electron chi connectivity index (χ4n) is 1.66. The average Bonchev–Trinajstić information content (AvgIpc) is 2.53. The predicted molar refractivity (Wildman–Crippen MR) is 60.4 cm³/mol. The first-order chi connectivity index (χ1) is 8.06. The molecule has 7 nitrogen and oxygen atoms in total. The van der Waals surface area contributed by atoms with Crippen molar-refractivity contribution in [2.45, 2.75) is 5.18 Å². The van der Waals surface area contributed by atoms with Crippen LogP contribution in [-0.2, 0) is 0 Å². The highest BCUT2D eigenvalue weighted by Gasteiger charge is 2.49. The second-order valence-corrected chi connectivity index (χ2v) is 3.84. The van der Waals surface area contributed by atoms with Gasteiger partial charge in [-0.1, -0.05) is 16.8 Å². The molecule has 8 heteroatoms. The number of anilines is 1. The minimum absolute atomic E-state index is 0.199. The third kappa shape index (κ3) is 1.51. The highest BCUT2D eigenvalue weighted by Crippen LogP contribution is 2.42. The van der Waals surface area contributed by atoms with Crippen molar-refractivity contribution in [2.75, 3.05) is 12.1 Å². The Labute approximate surface area is 101 Å². The Balaban J connectivity index is 2.67. The summed E-state index contributed by atoms with van der Waals surface area (Å²) in [6.07, 6.45) is 0. The number of oxime groups is 1. The number of methoxy groups -OCH3 is 1. The van der Waals surface area contributed by atoms with Crippen LogP contribution in [0.5, 0.6) is 5.75 Å². The maximum atomic E-state index is 10.7. The van der Waals surface area contributed by atoms with E-state index in [4.69, 9.17) is 21.5 Å².